The number of H-pyrrole nitrogens is 1. The molecule has 1 amide bonds. The molecule has 0 aliphatic heterocycles. The van der Waals surface area contributed by atoms with Gasteiger partial charge in [0.15, 0.2) is 0 Å². The number of nitrogens with one attached hydrogen (secondary N) is 2. The number of pyridine rings is 1. The van der Waals surface area contributed by atoms with Crippen molar-refractivity contribution in [3.63, 3.8) is 0 Å². The Labute approximate surface area is 143 Å². The number of aromatic amines is 1. The van der Waals surface area contributed by atoms with E-state index in [1.807, 2.05) is 0 Å². The average molecular weight is 351 g/mol. The highest BCUT2D eigenvalue weighted by atomic mass is 35.5. The highest BCUT2D eigenvalue weighted by Gasteiger charge is 2.20. The maximum absolute atomic E-state index is 12.4. The Kier molecular flexibility index (Phi) is 4.46. The maximum atomic E-state index is 12.4. The van der Waals surface area contributed by atoms with E-state index in [1.54, 1.807) is 24.3 Å². The number of amides is 1. The van der Waals surface area contributed by atoms with Gasteiger partial charge < -0.3 is 10.3 Å². The third kappa shape index (κ3) is 3.43. The molecule has 120 valence electrons. The molecule has 0 spiro atoms. The zero-order chi connectivity index (χ0) is 16.6. The number of aryl methyl sites for hydroxylation is 1. The molecule has 1 heterocycles. The molecule has 1 atom stereocenters. The van der Waals surface area contributed by atoms with Gasteiger partial charge in [-0.3, -0.25) is 9.59 Å². The molecule has 2 N–H and O–H groups in total. The number of rotatable bonds is 2. The van der Waals surface area contributed by atoms with Crippen LogP contribution in [0.2, 0.25) is 10.0 Å². The van der Waals surface area contributed by atoms with Crippen LogP contribution in [0, 0.1) is 5.92 Å². The van der Waals surface area contributed by atoms with Crippen LogP contribution >= 0.6 is 23.2 Å². The zero-order valence-electron chi connectivity index (χ0n) is 12.6. The van der Waals surface area contributed by atoms with E-state index >= 15 is 0 Å². The quantitative estimate of drug-likeness (QED) is 0.857. The van der Waals surface area contributed by atoms with Gasteiger partial charge in [0.25, 0.3) is 11.5 Å². The number of carbonyl (C=O) groups is 1. The van der Waals surface area contributed by atoms with Crippen LogP contribution in [-0.4, -0.2) is 10.9 Å². The molecule has 0 fully saturated rings. The van der Waals surface area contributed by atoms with Gasteiger partial charge in [-0.25, -0.2) is 0 Å². The summed E-state index contributed by atoms with van der Waals surface area (Å²) in [7, 11) is 0. The summed E-state index contributed by atoms with van der Waals surface area (Å²) in [6, 6.07) is 6.49. The van der Waals surface area contributed by atoms with Crippen LogP contribution in [0.3, 0.4) is 0 Å². The van der Waals surface area contributed by atoms with Crippen molar-refractivity contribution in [1.82, 2.24) is 4.98 Å². The van der Waals surface area contributed by atoms with Crippen LogP contribution in [0.15, 0.2) is 29.1 Å². The van der Waals surface area contributed by atoms with Crippen molar-refractivity contribution >= 4 is 34.8 Å². The summed E-state index contributed by atoms with van der Waals surface area (Å²) < 4.78 is 0. The first-order valence-electron chi connectivity index (χ1n) is 7.45. The van der Waals surface area contributed by atoms with E-state index in [0.717, 1.165) is 30.5 Å². The monoisotopic (exact) mass is 350 g/mol. The lowest BCUT2D eigenvalue weighted by atomic mass is 9.87. The number of hydrogen-bond donors (Lipinski definition) is 2. The van der Waals surface area contributed by atoms with Crippen LogP contribution < -0.4 is 10.9 Å². The van der Waals surface area contributed by atoms with Gasteiger partial charge in [0.2, 0.25) is 0 Å². The number of aromatic nitrogens is 1. The van der Waals surface area contributed by atoms with Crippen molar-refractivity contribution < 1.29 is 4.79 Å². The summed E-state index contributed by atoms with van der Waals surface area (Å²) in [6.07, 6.45) is 2.78. The van der Waals surface area contributed by atoms with E-state index in [9.17, 15) is 9.59 Å². The molecule has 4 nitrogen and oxygen atoms in total. The lowest BCUT2D eigenvalue weighted by molar-refractivity contribution is 0.102. The fourth-order valence-electron chi connectivity index (χ4n) is 2.83. The summed E-state index contributed by atoms with van der Waals surface area (Å²) >= 11 is 11.8. The molecule has 1 unspecified atom stereocenters. The second-order valence-corrected chi connectivity index (χ2v) is 6.76. The lowest BCUT2D eigenvalue weighted by Crippen LogP contribution is -2.27. The number of benzene rings is 1. The van der Waals surface area contributed by atoms with Gasteiger partial charge >= 0.3 is 0 Å². The molecular weight excluding hydrogens is 335 g/mol. The third-order valence-corrected chi connectivity index (χ3v) is 4.83. The predicted molar refractivity (Wildman–Crippen MR) is 92.7 cm³/mol. The Hall–Kier alpha value is -1.78. The Bertz CT molecular complexity index is 830. The molecular formula is C17H16Cl2N2O2. The van der Waals surface area contributed by atoms with Gasteiger partial charge in [0, 0.05) is 11.4 Å². The van der Waals surface area contributed by atoms with Gasteiger partial charge in [-0.2, -0.15) is 0 Å². The fourth-order valence-corrected chi connectivity index (χ4v) is 3.12. The summed E-state index contributed by atoms with van der Waals surface area (Å²) in [5.41, 5.74) is 2.23. The van der Waals surface area contributed by atoms with Crippen molar-refractivity contribution in [3.8, 4) is 0 Å². The van der Waals surface area contributed by atoms with Crippen LogP contribution in [0.1, 0.15) is 35.0 Å². The van der Waals surface area contributed by atoms with Crippen molar-refractivity contribution in [2.45, 2.75) is 26.2 Å². The molecule has 23 heavy (non-hydrogen) atoms. The molecule has 2 aromatic rings. The Balaban J connectivity index is 1.88. The second-order valence-electron chi connectivity index (χ2n) is 5.95. The van der Waals surface area contributed by atoms with Gasteiger partial charge in [0.05, 0.1) is 10.0 Å². The van der Waals surface area contributed by atoms with E-state index in [2.05, 4.69) is 17.2 Å². The Morgan fingerprint density at radius 3 is 2.78 bits per heavy atom. The smallest absolute Gasteiger partial charge is 0.261 e. The summed E-state index contributed by atoms with van der Waals surface area (Å²) in [4.78, 5) is 27.4. The van der Waals surface area contributed by atoms with E-state index in [-0.39, 0.29) is 11.1 Å². The van der Waals surface area contributed by atoms with Gasteiger partial charge in [-0.15, -0.1) is 0 Å². The predicted octanol–water partition coefficient (Wildman–Crippen LogP) is 4.06. The number of carbonyl (C=O) groups excluding carboxylic acids is 1. The zero-order valence-corrected chi connectivity index (χ0v) is 14.1. The average Bonchev–Trinajstić information content (AvgIpc) is 2.50. The molecule has 1 aromatic carbocycles. The molecule has 0 saturated heterocycles. The minimum absolute atomic E-state index is 0.115. The topological polar surface area (TPSA) is 62.0 Å². The third-order valence-electron chi connectivity index (χ3n) is 4.09. The van der Waals surface area contributed by atoms with Gasteiger partial charge in [-0.05, 0) is 55.0 Å². The highest BCUT2D eigenvalue weighted by molar-refractivity contribution is 6.42. The largest absolute Gasteiger partial charge is 0.325 e. The molecule has 0 radical (unpaired) electrons. The van der Waals surface area contributed by atoms with E-state index in [4.69, 9.17) is 23.2 Å². The van der Waals surface area contributed by atoms with Crippen molar-refractivity contribution in [1.29, 1.82) is 0 Å². The molecule has 0 bridgehead atoms. The SMILES string of the molecule is CC1CCc2[nH]c(=O)c(C(=O)Nc3ccc(Cl)c(Cl)c3)cc2C1. The highest BCUT2D eigenvalue weighted by Crippen LogP contribution is 2.26. The Morgan fingerprint density at radius 1 is 1.26 bits per heavy atom. The van der Waals surface area contributed by atoms with Crippen molar-refractivity contribution in [2.24, 2.45) is 5.92 Å². The molecule has 1 aromatic heterocycles. The number of fused-ring (bicyclic) bond motifs is 1. The minimum Gasteiger partial charge on any atom is -0.325 e. The maximum Gasteiger partial charge on any atom is 0.261 e. The van der Waals surface area contributed by atoms with E-state index < -0.39 is 5.91 Å². The first kappa shape index (κ1) is 16.1. The van der Waals surface area contributed by atoms with Crippen LogP contribution in [-0.2, 0) is 12.8 Å². The number of anilines is 1. The molecule has 0 saturated carbocycles. The number of hydrogen-bond acceptors (Lipinski definition) is 2. The second kappa shape index (κ2) is 6.38. The van der Waals surface area contributed by atoms with E-state index in [0.29, 0.717) is 21.7 Å². The molecule has 6 heteroatoms. The lowest BCUT2D eigenvalue weighted by Gasteiger charge is -2.21. The molecule has 3 rings (SSSR count). The normalized spacial score (nSPS) is 16.7. The first-order chi connectivity index (χ1) is 10.9. The standard InChI is InChI=1S/C17H16Cl2N2O2/c1-9-2-5-15-10(6-9)7-12(17(23)21-15)16(22)20-11-3-4-13(18)14(19)8-11/h3-4,7-9H,2,5-6H2,1H3,(H,20,22)(H,21,23). The van der Waals surface area contributed by atoms with Crippen molar-refractivity contribution in [3.05, 3.63) is 61.5 Å². The molecule has 1 aliphatic rings. The number of halogens is 2. The summed E-state index contributed by atoms with van der Waals surface area (Å²) in [5, 5.41) is 3.44. The van der Waals surface area contributed by atoms with Gasteiger partial charge in [-0.1, -0.05) is 30.1 Å². The summed E-state index contributed by atoms with van der Waals surface area (Å²) in [5.74, 6) is 0.102. The van der Waals surface area contributed by atoms with Crippen molar-refractivity contribution in [2.75, 3.05) is 5.32 Å². The fraction of sp³-hybridized carbons (Fsp3) is 0.294. The minimum atomic E-state index is -0.453. The first-order valence-corrected chi connectivity index (χ1v) is 8.21. The molecule has 1 aliphatic carbocycles. The van der Waals surface area contributed by atoms with E-state index in [1.165, 1.54) is 0 Å². The Morgan fingerprint density at radius 2 is 2.04 bits per heavy atom. The van der Waals surface area contributed by atoms with Crippen LogP contribution in [0.4, 0.5) is 5.69 Å². The summed E-state index contributed by atoms with van der Waals surface area (Å²) in [6.45, 7) is 2.17. The van der Waals surface area contributed by atoms with Gasteiger partial charge in [0.1, 0.15) is 5.56 Å². The van der Waals surface area contributed by atoms with Crippen LogP contribution in [0.5, 0.6) is 0 Å². The van der Waals surface area contributed by atoms with Crippen LogP contribution in [0.25, 0.3) is 0 Å².